The van der Waals surface area contributed by atoms with E-state index in [2.05, 4.69) is 27.7 Å². The van der Waals surface area contributed by atoms with Gasteiger partial charge in [-0.2, -0.15) is 0 Å². The molecule has 7 heteroatoms. The monoisotopic (exact) mass is 375 g/mol. The van der Waals surface area contributed by atoms with Crippen LogP contribution in [0.25, 0.3) is 0 Å². The van der Waals surface area contributed by atoms with Gasteiger partial charge < -0.3 is 15.5 Å². The Balaban J connectivity index is 1.62. The lowest BCUT2D eigenvalue weighted by molar-refractivity contribution is -0.120. The average molecular weight is 375 g/mol. The lowest BCUT2D eigenvalue weighted by atomic mass is 10.2. The maximum absolute atomic E-state index is 13.5. The molecule has 5 nitrogen and oxygen atoms in total. The summed E-state index contributed by atoms with van der Waals surface area (Å²) in [5.41, 5.74) is 0.923. The van der Waals surface area contributed by atoms with E-state index in [1.54, 1.807) is 0 Å². The van der Waals surface area contributed by atoms with Gasteiger partial charge in [0.2, 0.25) is 5.91 Å². The number of hydrogen-bond donors (Lipinski definition) is 2. The molecule has 2 aromatic carbocycles. The molecule has 0 aliphatic carbocycles. The van der Waals surface area contributed by atoms with E-state index < -0.39 is 17.5 Å². The Bertz CT molecular complexity index is 769. The molecule has 2 N–H and O–H groups in total. The van der Waals surface area contributed by atoms with E-state index in [0.717, 1.165) is 31.6 Å². The van der Waals surface area contributed by atoms with Crippen LogP contribution >= 0.6 is 0 Å². The highest BCUT2D eigenvalue weighted by Gasteiger charge is 2.13. The van der Waals surface area contributed by atoms with Crippen LogP contribution in [0.2, 0.25) is 0 Å². The molecule has 0 bridgehead atoms. The first-order valence-electron chi connectivity index (χ1n) is 8.68. The fourth-order valence-electron chi connectivity index (χ4n) is 2.54. The topological polar surface area (TPSA) is 61.4 Å². The van der Waals surface area contributed by atoms with Gasteiger partial charge in [-0.1, -0.05) is 30.3 Å². The van der Waals surface area contributed by atoms with Gasteiger partial charge in [-0.3, -0.25) is 9.59 Å². The van der Waals surface area contributed by atoms with Crippen molar-refractivity contribution >= 4 is 11.8 Å². The third-order valence-corrected chi connectivity index (χ3v) is 3.92. The quantitative estimate of drug-likeness (QED) is 0.662. The fourth-order valence-corrected chi connectivity index (χ4v) is 2.54. The third kappa shape index (κ3) is 7.15. The predicted octanol–water partition coefficient (Wildman–Crippen LogP) is 2.33. The molecule has 0 aromatic heterocycles. The Labute approximate surface area is 157 Å². The Morgan fingerprint density at radius 1 is 1.04 bits per heavy atom. The van der Waals surface area contributed by atoms with Gasteiger partial charge in [0.25, 0.3) is 5.91 Å². The van der Waals surface area contributed by atoms with E-state index in [0.29, 0.717) is 12.6 Å². The molecule has 0 unspecified atom stereocenters. The van der Waals surface area contributed by atoms with Gasteiger partial charge in [-0.05, 0) is 37.7 Å². The van der Waals surface area contributed by atoms with Crippen LogP contribution in [0.1, 0.15) is 22.3 Å². The Morgan fingerprint density at radius 2 is 1.78 bits per heavy atom. The molecule has 0 aliphatic heterocycles. The van der Waals surface area contributed by atoms with Crippen molar-refractivity contribution in [2.24, 2.45) is 0 Å². The molecule has 27 heavy (non-hydrogen) atoms. The zero-order valence-electron chi connectivity index (χ0n) is 15.2. The van der Waals surface area contributed by atoms with Crippen LogP contribution in [-0.2, 0) is 11.3 Å². The number of nitrogens with zero attached hydrogens (tertiary/aromatic N) is 1. The molecule has 2 rings (SSSR count). The van der Waals surface area contributed by atoms with Crippen LogP contribution in [0.5, 0.6) is 0 Å². The smallest absolute Gasteiger partial charge is 0.254 e. The summed E-state index contributed by atoms with van der Waals surface area (Å²) < 4.78 is 26.3. The zero-order valence-corrected chi connectivity index (χ0v) is 15.2. The zero-order chi connectivity index (χ0) is 19.6. The lowest BCUT2D eigenvalue weighted by Gasteiger charge is -2.16. The van der Waals surface area contributed by atoms with Gasteiger partial charge in [0.05, 0.1) is 12.1 Å². The van der Waals surface area contributed by atoms with Gasteiger partial charge in [0.15, 0.2) is 0 Å². The van der Waals surface area contributed by atoms with Gasteiger partial charge in [-0.25, -0.2) is 8.78 Å². The van der Waals surface area contributed by atoms with Crippen molar-refractivity contribution in [1.82, 2.24) is 15.5 Å². The first-order valence-corrected chi connectivity index (χ1v) is 8.68. The highest BCUT2D eigenvalue weighted by molar-refractivity contribution is 5.96. The van der Waals surface area contributed by atoms with Crippen molar-refractivity contribution < 1.29 is 18.4 Å². The predicted molar refractivity (Wildman–Crippen MR) is 99.1 cm³/mol. The molecule has 2 amide bonds. The molecule has 0 spiro atoms. The molecule has 144 valence electrons. The van der Waals surface area contributed by atoms with E-state index in [1.807, 2.05) is 25.2 Å². The summed E-state index contributed by atoms with van der Waals surface area (Å²) in [6.07, 6.45) is 0.760. The number of carbonyl (C=O) groups excluding carboxylic acids is 2. The molecule has 0 radical (unpaired) electrons. The van der Waals surface area contributed by atoms with E-state index in [1.165, 1.54) is 5.56 Å². The van der Waals surface area contributed by atoms with Gasteiger partial charge in [-0.15, -0.1) is 0 Å². The van der Waals surface area contributed by atoms with Crippen LogP contribution in [0.15, 0.2) is 48.5 Å². The van der Waals surface area contributed by atoms with E-state index in [4.69, 9.17) is 0 Å². The summed E-state index contributed by atoms with van der Waals surface area (Å²) in [5, 5.41) is 5.02. The minimum atomic E-state index is -0.964. The molecule has 0 fully saturated rings. The number of benzene rings is 2. The van der Waals surface area contributed by atoms with Crippen molar-refractivity contribution in [3.8, 4) is 0 Å². The molecule has 2 aromatic rings. The van der Waals surface area contributed by atoms with Crippen molar-refractivity contribution in [3.05, 3.63) is 71.3 Å². The maximum atomic E-state index is 13.5. The Kier molecular flexibility index (Phi) is 7.88. The van der Waals surface area contributed by atoms with E-state index >= 15 is 0 Å². The number of hydrogen-bond acceptors (Lipinski definition) is 3. The second-order valence-electron chi connectivity index (χ2n) is 6.23. The first-order chi connectivity index (χ1) is 13.0. The SMILES string of the molecule is CN(CCCNC(=O)CNC(=O)c1ccc(F)cc1F)Cc1ccccc1. The molecule has 0 saturated carbocycles. The summed E-state index contributed by atoms with van der Waals surface area (Å²) in [6, 6.07) is 12.7. The minimum absolute atomic E-state index is 0.268. The Hall–Kier alpha value is -2.80. The van der Waals surface area contributed by atoms with Crippen LogP contribution < -0.4 is 10.6 Å². The summed E-state index contributed by atoms with van der Waals surface area (Å²) in [4.78, 5) is 25.7. The number of halogens is 2. The van der Waals surface area contributed by atoms with Crippen molar-refractivity contribution in [2.75, 3.05) is 26.7 Å². The van der Waals surface area contributed by atoms with Gasteiger partial charge >= 0.3 is 0 Å². The summed E-state index contributed by atoms with van der Waals surface area (Å²) in [6.45, 7) is 1.84. The number of rotatable bonds is 9. The number of nitrogens with one attached hydrogen (secondary N) is 2. The van der Waals surface area contributed by atoms with Gasteiger partial charge in [0, 0.05) is 19.2 Å². The number of carbonyl (C=O) groups is 2. The maximum Gasteiger partial charge on any atom is 0.254 e. The van der Waals surface area contributed by atoms with E-state index in [-0.39, 0.29) is 18.0 Å². The van der Waals surface area contributed by atoms with Gasteiger partial charge in [0.1, 0.15) is 11.6 Å². The van der Waals surface area contributed by atoms with Crippen molar-refractivity contribution in [3.63, 3.8) is 0 Å². The van der Waals surface area contributed by atoms with Crippen LogP contribution in [0, 0.1) is 11.6 Å². The van der Waals surface area contributed by atoms with Crippen molar-refractivity contribution in [1.29, 1.82) is 0 Å². The molecule has 0 atom stereocenters. The molecule has 0 saturated heterocycles. The second-order valence-corrected chi connectivity index (χ2v) is 6.23. The molecule has 0 aliphatic rings. The minimum Gasteiger partial charge on any atom is -0.355 e. The largest absolute Gasteiger partial charge is 0.355 e. The summed E-state index contributed by atoms with van der Waals surface area (Å²) in [5.74, 6) is -2.85. The van der Waals surface area contributed by atoms with E-state index in [9.17, 15) is 18.4 Å². The lowest BCUT2D eigenvalue weighted by Crippen LogP contribution is -2.38. The first kappa shape index (κ1) is 20.5. The molecule has 0 heterocycles. The van der Waals surface area contributed by atoms with Crippen molar-refractivity contribution in [2.45, 2.75) is 13.0 Å². The number of amides is 2. The average Bonchev–Trinajstić information content (AvgIpc) is 2.64. The second kappa shape index (κ2) is 10.4. The Morgan fingerprint density at radius 3 is 2.48 bits per heavy atom. The van der Waals surface area contributed by atoms with Crippen LogP contribution in [0.4, 0.5) is 8.78 Å². The summed E-state index contributed by atoms with van der Waals surface area (Å²) >= 11 is 0. The summed E-state index contributed by atoms with van der Waals surface area (Å²) in [7, 11) is 2.01. The van der Waals surface area contributed by atoms with Crippen LogP contribution in [-0.4, -0.2) is 43.4 Å². The van der Waals surface area contributed by atoms with Crippen LogP contribution in [0.3, 0.4) is 0 Å². The standard InChI is InChI=1S/C20H23F2N3O2/c1-25(14-15-6-3-2-4-7-15)11-5-10-23-19(26)13-24-20(27)17-9-8-16(21)12-18(17)22/h2-4,6-9,12H,5,10-11,13-14H2,1H3,(H,23,26)(H,24,27). The fraction of sp³-hybridized carbons (Fsp3) is 0.300. The molecular formula is C20H23F2N3O2. The highest BCUT2D eigenvalue weighted by atomic mass is 19.1. The highest BCUT2D eigenvalue weighted by Crippen LogP contribution is 2.09. The third-order valence-electron chi connectivity index (χ3n) is 3.92. The normalized spacial score (nSPS) is 10.7. The molecular weight excluding hydrogens is 352 g/mol.